The number of fused-ring (bicyclic) bond motifs is 2. The summed E-state index contributed by atoms with van der Waals surface area (Å²) in [6, 6.07) is 18.6. The first-order valence-corrected chi connectivity index (χ1v) is 28.4. The fourth-order valence-electron chi connectivity index (χ4n) is 10.0. The summed E-state index contributed by atoms with van der Waals surface area (Å²) in [6.45, 7) is 3.70. The van der Waals surface area contributed by atoms with E-state index in [9.17, 15) is 56.7 Å². The average molecular weight is 1020 g/mol. The number of nitrogens with zero attached hydrogens (tertiary/aromatic N) is 2. The van der Waals surface area contributed by atoms with Gasteiger partial charge in [0, 0.05) is 54.0 Å². The first-order valence-electron chi connectivity index (χ1n) is 22.3. The van der Waals surface area contributed by atoms with E-state index in [2.05, 4.69) is 11.4 Å². The Morgan fingerprint density at radius 3 is 2.04 bits per heavy atom. The van der Waals surface area contributed by atoms with Crippen molar-refractivity contribution in [2.24, 2.45) is 0 Å². The summed E-state index contributed by atoms with van der Waals surface area (Å²) in [7, 11) is -14.5. The number of benzene rings is 3. The molecule has 2 heterocycles. The van der Waals surface area contributed by atoms with Gasteiger partial charge in [0.25, 0.3) is 30.4 Å². The SMILES string of the molecule is C#CNC(=O)CCCCc1ccc(C2=C(/C=C/C3=[N+](C)c4ccc(S(=O)(=O)[O-])cc4C3(C)CCCS(=O)(=O)O)CCC/C2=C\C=C2\N(C)c3ccc(S(=O)(=O)O)cc3C2(C)CCCS(=O)(=O)O)cc1. The van der Waals surface area contributed by atoms with Gasteiger partial charge in [-0.1, -0.05) is 42.8 Å². The molecule has 69 heavy (non-hydrogen) atoms. The van der Waals surface area contributed by atoms with Crippen LogP contribution in [0.15, 0.2) is 112 Å². The van der Waals surface area contributed by atoms with E-state index in [0.29, 0.717) is 66.0 Å². The molecule has 1 amide bonds. The van der Waals surface area contributed by atoms with E-state index >= 15 is 0 Å². The maximum absolute atomic E-state index is 12.3. The lowest BCUT2D eigenvalue weighted by atomic mass is 9.75. The van der Waals surface area contributed by atoms with Crippen LogP contribution in [0.2, 0.25) is 0 Å². The zero-order valence-electron chi connectivity index (χ0n) is 38.8. The van der Waals surface area contributed by atoms with E-state index in [1.165, 1.54) is 24.3 Å². The molecule has 0 saturated heterocycles. The molecule has 3 aromatic carbocycles. The van der Waals surface area contributed by atoms with Crippen molar-refractivity contribution >= 4 is 69.0 Å². The number of rotatable bonds is 19. The highest BCUT2D eigenvalue weighted by Crippen LogP contribution is 2.51. The Morgan fingerprint density at radius 1 is 0.812 bits per heavy atom. The van der Waals surface area contributed by atoms with E-state index in [0.717, 1.165) is 40.7 Å². The third kappa shape index (κ3) is 12.4. The number of carbonyl (C=O) groups excluding carboxylic acids is 1. The molecule has 0 radical (unpaired) electrons. The van der Waals surface area contributed by atoms with Crippen LogP contribution < -0.4 is 10.2 Å². The molecule has 370 valence electrons. The van der Waals surface area contributed by atoms with E-state index in [-0.39, 0.29) is 36.5 Å². The Hall–Kier alpha value is -5.24. The standard InChI is InChI=1S/C49H57N3O13S4/c1-6-50-46(53)15-8-7-12-34-16-18-37(19-17-34)47-35(20-26-44-48(2,28-10-30-66(54,55)56)40-32-38(68(60,61)62)22-24-42(40)51(44)4)13-9-14-36(47)21-27-45-49(3,29-11-31-67(57,58)59)41-33-39(69(63,64)65)23-25-43(41)52(45)5/h1,16-27,32-33H,7-15,28-31H2,2-5H3,(H4-,50,53,54,55,56,57,58,59,60,61,62,63,64,65). The summed E-state index contributed by atoms with van der Waals surface area (Å²) in [4.78, 5) is 13.0. The number of aryl methyl sites for hydroxylation is 1. The van der Waals surface area contributed by atoms with E-state index in [1.54, 1.807) is 19.2 Å². The summed E-state index contributed by atoms with van der Waals surface area (Å²) >= 11 is 0. The van der Waals surface area contributed by atoms with Crippen molar-refractivity contribution in [3.05, 3.63) is 124 Å². The predicted octanol–water partition coefficient (Wildman–Crippen LogP) is 6.99. The minimum Gasteiger partial charge on any atom is -0.744 e. The number of carbonyl (C=O) groups is 1. The highest BCUT2D eigenvalue weighted by molar-refractivity contribution is 7.86. The van der Waals surface area contributed by atoms with Gasteiger partial charge in [0.1, 0.15) is 17.2 Å². The minimum atomic E-state index is -4.84. The number of allylic oxidation sites excluding steroid dienone is 8. The molecule has 0 saturated carbocycles. The number of anilines is 1. The maximum Gasteiger partial charge on any atom is 0.294 e. The highest BCUT2D eigenvalue weighted by atomic mass is 32.2. The fraction of sp³-hybridized carbons (Fsp3) is 0.388. The molecule has 0 fully saturated rings. The normalized spacial score (nSPS) is 21.1. The number of hydrogen-bond donors (Lipinski definition) is 4. The summed E-state index contributed by atoms with van der Waals surface area (Å²) < 4.78 is 140. The van der Waals surface area contributed by atoms with E-state index < -0.39 is 67.7 Å². The van der Waals surface area contributed by atoms with Crippen LogP contribution in [0.25, 0.3) is 5.57 Å². The number of hydrogen-bond acceptors (Lipinski definition) is 11. The molecular formula is C49H57N3O13S4. The Kier molecular flexibility index (Phi) is 15.9. The van der Waals surface area contributed by atoms with Crippen molar-refractivity contribution in [2.75, 3.05) is 30.5 Å². The van der Waals surface area contributed by atoms with Gasteiger partial charge >= 0.3 is 0 Å². The van der Waals surface area contributed by atoms with Crippen LogP contribution in [0, 0.1) is 12.5 Å². The van der Waals surface area contributed by atoms with Crippen molar-refractivity contribution in [1.82, 2.24) is 5.32 Å². The van der Waals surface area contributed by atoms with Crippen LogP contribution in [0.3, 0.4) is 0 Å². The highest BCUT2D eigenvalue weighted by Gasteiger charge is 2.47. The molecule has 2 unspecified atom stereocenters. The largest absolute Gasteiger partial charge is 0.744 e. The summed E-state index contributed by atoms with van der Waals surface area (Å²) in [5.41, 5.74) is 6.51. The quantitative estimate of drug-likeness (QED) is 0.0310. The number of nitrogens with one attached hydrogen (secondary N) is 1. The molecule has 6 rings (SSSR count). The second-order valence-corrected chi connectivity index (χ2v) is 24.1. The molecule has 20 heteroatoms. The molecule has 2 aliphatic heterocycles. The van der Waals surface area contributed by atoms with Gasteiger partial charge in [-0.15, -0.1) is 0 Å². The first kappa shape index (κ1) is 53.1. The Balaban J connectivity index is 1.48. The van der Waals surface area contributed by atoms with Gasteiger partial charge in [-0.05, 0) is 148 Å². The second-order valence-electron chi connectivity index (χ2n) is 18.2. The van der Waals surface area contributed by atoms with Crippen molar-refractivity contribution < 1.29 is 61.3 Å². The van der Waals surface area contributed by atoms with Crippen molar-refractivity contribution in [2.45, 2.75) is 105 Å². The Labute approximate surface area is 405 Å². The van der Waals surface area contributed by atoms with E-state index in [1.807, 2.05) is 78.9 Å². The van der Waals surface area contributed by atoms with Crippen molar-refractivity contribution in [3.8, 4) is 12.5 Å². The molecular weight excluding hydrogens is 967 g/mol. The van der Waals surface area contributed by atoms with Crippen LogP contribution in [0.5, 0.6) is 0 Å². The lowest BCUT2D eigenvalue weighted by Crippen LogP contribution is -2.31. The van der Waals surface area contributed by atoms with Gasteiger partial charge in [-0.2, -0.15) is 29.8 Å². The van der Waals surface area contributed by atoms with Crippen LogP contribution in [-0.2, 0) is 62.5 Å². The Bertz CT molecular complexity index is 3200. The molecule has 1 aliphatic carbocycles. The minimum absolute atomic E-state index is 0.0262. The van der Waals surface area contributed by atoms with Gasteiger partial charge in [-0.3, -0.25) is 23.8 Å². The lowest BCUT2D eigenvalue weighted by molar-refractivity contribution is -0.401. The number of likely N-dealkylation sites (N-methyl/N-ethyl adjacent to an activating group) is 1. The second kappa shape index (κ2) is 20.6. The fourth-order valence-corrected chi connectivity index (χ4v) is 12.0. The summed E-state index contributed by atoms with van der Waals surface area (Å²) in [5, 5.41) is 2.35. The smallest absolute Gasteiger partial charge is 0.294 e. The van der Waals surface area contributed by atoms with Gasteiger partial charge in [0.15, 0.2) is 5.71 Å². The molecule has 4 N–H and O–H groups in total. The van der Waals surface area contributed by atoms with Crippen LogP contribution in [-0.4, -0.2) is 93.7 Å². The number of amides is 1. The van der Waals surface area contributed by atoms with Gasteiger partial charge in [0.05, 0.1) is 26.7 Å². The number of unbranched alkanes of at least 4 members (excludes halogenated alkanes) is 1. The van der Waals surface area contributed by atoms with Gasteiger partial charge in [-0.25, -0.2) is 8.42 Å². The topological polar surface area (TPSA) is 256 Å². The third-order valence-corrected chi connectivity index (χ3v) is 16.7. The summed E-state index contributed by atoms with van der Waals surface area (Å²) in [5.74, 6) is -1.27. The monoisotopic (exact) mass is 1020 g/mol. The molecule has 3 aliphatic rings. The lowest BCUT2D eigenvalue weighted by Gasteiger charge is -2.29. The molecule has 0 bridgehead atoms. The average Bonchev–Trinajstić information content (AvgIpc) is 3.59. The molecule has 0 aromatic heterocycles. The summed E-state index contributed by atoms with van der Waals surface area (Å²) in [6.07, 6.45) is 17.9. The molecule has 3 aromatic rings. The molecule has 2 atom stereocenters. The third-order valence-electron chi connectivity index (χ3n) is 13.4. The Morgan fingerprint density at radius 2 is 1.43 bits per heavy atom. The van der Waals surface area contributed by atoms with E-state index in [4.69, 9.17) is 6.42 Å². The maximum atomic E-state index is 12.3. The molecule has 16 nitrogen and oxygen atoms in total. The van der Waals surface area contributed by atoms with Crippen LogP contribution in [0.4, 0.5) is 11.4 Å². The van der Waals surface area contributed by atoms with Crippen LogP contribution in [0.1, 0.15) is 100 Å². The molecule has 0 spiro atoms. The van der Waals surface area contributed by atoms with Crippen LogP contribution >= 0.6 is 0 Å². The predicted molar refractivity (Wildman–Crippen MR) is 263 cm³/mol. The zero-order valence-corrected chi connectivity index (χ0v) is 42.1. The zero-order chi connectivity index (χ0) is 50.7. The van der Waals surface area contributed by atoms with Gasteiger partial charge < -0.3 is 9.45 Å². The van der Waals surface area contributed by atoms with Crippen molar-refractivity contribution in [1.29, 1.82) is 0 Å². The first-order chi connectivity index (χ1) is 32.2. The van der Waals surface area contributed by atoms with Crippen molar-refractivity contribution in [3.63, 3.8) is 0 Å². The number of terminal acetylenes is 1. The van der Waals surface area contributed by atoms with Gasteiger partial charge in [0.2, 0.25) is 11.6 Å².